The minimum atomic E-state index is -0.758. The summed E-state index contributed by atoms with van der Waals surface area (Å²) in [6.07, 6.45) is 0.0328. The molecule has 4 rings (SSSR count). The van der Waals surface area contributed by atoms with Crippen LogP contribution in [0.2, 0.25) is 0 Å². The molecule has 1 heterocycles. The van der Waals surface area contributed by atoms with Gasteiger partial charge in [0.15, 0.2) is 11.5 Å². The number of amides is 2. The molecule has 1 aliphatic rings. The third kappa shape index (κ3) is 5.40. The largest absolute Gasteiger partial charge is 0.493 e. The van der Waals surface area contributed by atoms with Gasteiger partial charge in [-0.3, -0.25) is 4.79 Å². The first-order chi connectivity index (χ1) is 17.0. The van der Waals surface area contributed by atoms with Crippen molar-refractivity contribution in [3.05, 3.63) is 95.1 Å². The summed E-state index contributed by atoms with van der Waals surface area (Å²) in [5.41, 5.74) is 3.94. The smallest absolute Gasteiger partial charge is 0.408 e. The zero-order valence-corrected chi connectivity index (χ0v) is 20.2. The number of alkyl carbamates (subject to hydrolysis) is 1. The van der Waals surface area contributed by atoms with Crippen LogP contribution in [-0.4, -0.2) is 43.7 Å². The first-order valence-electron chi connectivity index (χ1n) is 11.6. The summed E-state index contributed by atoms with van der Waals surface area (Å²) in [5, 5.41) is 2.69. The van der Waals surface area contributed by atoms with Crippen LogP contribution in [-0.2, 0) is 22.6 Å². The number of benzene rings is 3. The first-order valence-corrected chi connectivity index (χ1v) is 11.6. The summed E-state index contributed by atoms with van der Waals surface area (Å²) in [7, 11) is 3.21. The van der Waals surface area contributed by atoms with E-state index in [1.165, 1.54) is 0 Å². The number of ether oxygens (including phenoxy) is 3. The van der Waals surface area contributed by atoms with Crippen LogP contribution in [0.1, 0.15) is 35.2 Å². The molecule has 2 amide bonds. The Hall–Kier alpha value is -4.00. The molecule has 3 aromatic carbocycles. The number of hydrogen-bond acceptors (Lipinski definition) is 5. The number of nitrogens with zero attached hydrogens (tertiary/aromatic N) is 1. The Morgan fingerprint density at radius 2 is 1.60 bits per heavy atom. The monoisotopic (exact) mass is 474 g/mol. The van der Waals surface area contributed by atoms with Gasteiger partial charge in [-0.2, -0.15) is 0 Å². The molecule has 0 saturated heterocycles. The number of methoxy groups -OCH3 is 2. The van der Waals surface area contributed by atoms with Gasteiger partial charge in [-0.25, -0.2) is 4.79 Å². The molecule has 1 N–H and O–H groups in total. The first kappa shape index (κ1) is 24.1. The van der Waals surface area contributed by atoms with E-state index in [1.807, 2.05) is 77.7 Å². The Morgan fingerprint density at radius 1 is 0.971 bits per heavy atom. The second kappa shape index (κ2) is 11.0. The minimum absolute atomic E-state index is 0.138. The quantitative estimate of drug-likeness (QED) is 0.546. The molecule has 7 nitrogen and oxygen atoms in total. The molecule has 7 heteroatoms. The number of hydrogen-bond donors (Lipinski definition) is 1. The van der Waals surface area contributed by atoms with Crippen molar-refractivity contribution in [2.45, 2.75) is 32.0 Å². The minimum Gasteiger partial charge on any atom is -0.493 e. The lowest BCUT2D eigenvalue weighted by atomic mass is 9.87. The number of fused-ring (bicyclic) bond motifs is 1. The highest BCUT2D eigenvalue weighted by molar-refractivity contribution is 5.86. The molecule has 0 aliphatic carbocycles. The van der Waals surface area contributed by atoms with Crippen LogP contribution in [0.4, 0.5) is 4.79 Å². The topological polar surface area (TPSA) is 77.1 Å². The van der Waals surface area contributed by atoms with Crippen LogP contribution in [0.3, 0.4) is 0 Å². The maximum atomic E-state index is 13.6. The van der Waals surface area contributed by atoms with Gasteiger partial charge < -0.3 is 24.4 Å². The fourth-order valence-corrected chi connectivity index (χ4v) is 4.43. The molecule has 0 aromatic heterocycles. The van der Waals surface area contributed by atoms with Crippen molar-refractivity contribution in [3.63, 3.8) is 0 Å². The van der Waals surface area contributed by atoms with Gasteiger partial charge in [-0.1, -0.05) is 60.7 Å². The Kier molecular flexibility index (Phi) is 7.55. The summed E-state index contributed by atoms with van der Waals surface area (Å²) >= 11 is 0. The SMILES string of the molecule is COc1cc2c(cc1OC)C(c1ccccc1)N(C(=O)[C@H](C)NC(=O)OCc1ccccc1)CC2. The third-order valence-electron chi connectivity index (χ3n) is 6.19. The van der Waals surface area contributed by atoms with Crippen LogP contribution >= 0.6 is 0 Å². The van der Waals surface area contributed by atoms with E-state index >= 15 is 0 Å². The van der Waals surface area contributed by atoms with E-state index in [4.69, 9.17) is 14.2 Å². The highest BCUT2D eigenvalue weighted by Gasteiger charge is 2.35. The number of carbonyl (C=O) groups excluding carboxylic acids is 2. The fourth-order valence-electron chi connectivity index (χ4n) is 4.43. The Labute approximate surface area is 205 Å². The average Bonchev–Trinajstić information content (AvgIpc) is 2.91. The van der Waals surface area contributed by atoms with Gasteiger partial charge in [0.2, 0.25) is 5.91 Å². The lowest BCUT2D eigenvalue weighted by Gasteiger charge is -2.39. The van der Waals surface area contributed by atoms with Gasteiger partial charge in [0.25, 0.3) is 0 Å². The molecular weight excluding hydrogens is 444 g/mol. The highest BCUT2D eigenvalue weighted by atomic mass is 16.5. The fraction of sp³-hybridized carbons (Fsp3) is 0.286. The van der Waals surface area contributed by atoms with E-state index in [-0.39, 0.29) is 18.6 Å². The third-order valence-corrected chi connectivity index (χ3v) is 6.19. The second-order valence-electron chi connectivity index (χ2n) is 8.43. The van der Waals surface area contributed by atoms with Gasteiger partial charge in [0.05, 0.1) is 20.3 Å². The maximum Gasteiger partial charge on any atom is 0.408 e. The van der Waals surface area contributed by atoms with Gasteiger partial charge in [0, 0.05) is 6.54 Å². The molecular formula is C28H30N2O5. The van der Waals surface area contributed by atoms with Crippen molar-refractivity contribution in [1.29, 1.82) is 0 Å². The molecule has 35 heavy (non-hydrogen) atoms. The predicted molar refractivity (Wildman–Crippen MR) is 132 cm³/mol. The van der Waals surface area contributed by atoms with Crippen LogP contribution < -0.4 is 14.8 Å². The Morgan fingerprint density at radius 3 is 2.26 bits per heavy atom. The number of nitrogens with one attached hydrogen (secondary N) is 1. The zero-order chi connectivity index (χ0) is 24.8. The van der Waals surface area contributed by atoms with Crippen LogP contribution in [0.25, 0.3) is 0 Å². The lowest BCUT2D eigenvalue weighted by Crippen LogP contribution is -2.50. The Bertz CT molecular complexity index is 1170. The average molecular weight is 475 g/mol. The molecule has 2 atom stereocenters. The van der Waals surface area contributed by atoms with E-state index in [0.29, 0.717) is 24.5 Å². The standard InChI is InChI=1S/C28H30N2O5/c1-19(29-28(32)35-18-20-10-6-4-7-11-20)27(31)30-15-14-22-16-24(33-2)25(34-3)17-23(22)26(30)21-12-8-5-9-13-21/h4-13,16-17,19,26H,14-15,18H2,1-3H3,(H,29,32)/t19-,26?/m0/s1. The predicted octanol–water partition coefficient (Wildman–Crippen LogP) is 4.49. The van der Waals surface area contributed by atoms with Crippen molar-refractivity contribution in [3.8, 4) is 11.5 Å². The molecule has 182 valence electrons. The van der Waals surface area contributed by atoms with Gasteiger partial charge in [-0.15, -0.1) is 0 Å². The molecule has 3 aromatic rings. The number of rotatable bonds is 7. The van der Waals surface area contributed by atoms with Crippen LogP contribution in [0, 0.1) is 0 Å². The van der Waals surface area contributed by atoms with Gasteiger partial charge in [-0.05, 0) is 47.7 Å². The van der Waals surface area contributed by atoms with Crippen molar-refractivity contribution < 1.29 is 23.8 Å². The van der Waals surface area contributed by atoms with E-state index < -0.39 is 12.1 Å². The van der Waals surface area contributed by atoms with E-state index in [0.717, 1.165) is 22.3 Å². The summed E-state index contributed by atoms with van der Waals surface area (Å²) in [6, 6.07) is 22.1. The summed E-state index contributed by atoms with van der Waals surface area (Å²) in [5.74, 6) is 1.09. The molecule has 1 aliphatic heterocycles. The molecule has 0 radical (unpaired) electrons. The summed E-state index contributed by atoms with van der Waals surface area (Å²) < 4.78 is 16.3. The van der Waals surface area contributed by atoms with Gasteiger partial charge >= 0.3 is 6.09 Å². The molecule has 1 unspecified atom stereocenters. The Balaban J connectivity index is 1.55. The van der Waals surface area contributed by atoms with Crippen molar-refractivity contribution in [2.75, 3.05) is 20.8 Å². The zero-order valence-electron chi connectivity index (χ0n) is 20.2. The normalized spacial score (nSPS) is 15.5. The van der Waals surface area contributed by atoms with Crippen LogP contribution in [0.5, 0.6) is 11.5 Å². The lowest BCUT2D eigenvalue weighted by molar-refractivity contribution is -0.135. The van der Waals surface area contributed by atoms with Crippen molar-refractivity contribution >= 4 is 12.0 Å². The van der Waals surface area contributed by atoms with Gasteiger partial charge in [0.1, 0.15) is 12.6 Å². The summed E-state index contributed by atoms with van der Waals surface area (Å²) in [4.78, 5) is 27.8. The van der Waals surface area contributed by atoms with E-state index in [2.05, 4.69) is 5.32 Å². The molecule has 0 fully saturated rings. The molecule has 0 saturated carbocycles. The van der Waals surface area contributed by atoms with Crippen LogP contribution in [0.15, 0.2) is 72.8 Å². The molecule has 0 spiro atoms. The maximum absolute atomic E-state index is 13.6. The molecule has 0 bridgehead atoms. The summed E-state index contributed by atoms with van der Waals surface area (Å²) in [6.45, 7) is 2.32. The van der Waals surface area contributed by atoms with E-state index in [1.54, 1.807) is 21.1 Å². The van der Waals surface area contributed by atoms with E-state index in [9.17, 15) is 9.59 Å². The second-order valence-corrected chi connectivity index (χ2v) is 8.43. The highest BCUT2D eigenvalue weighted by Crippen LogP contribution is 2.41. The van der Waals surface area contributed by atoms with Crippen molar-refractivity contribution in [2.24, 2.45) is 0 Å². The van der Waals surface area contributed by atoms with Crippen molar-refractivity contribution in [1.82, 2.24) is 10.2 Å². The number of carbonyl (C=O) groups is 2.